The Hall–Kier alpha value is -3.33. The molecule has 1 aliphatic rings. The minimum absolute atomic E-state index is 0.0177. The SMILES string of the molecule is C#CCO[C@H]1[C@@H](OCC(=O)N(CC#C)CC#C)[C@H](n2ccc(=O)nc2N)O[C@@H]1CO. The number of aromatic nitrogens is 2. The van der Waals surface area contributed by atoms with Crippen LogP contribution in [0.1, 0.15) is 6.23 Å². The molecule has 0 aromatic carbocycles. The van der Waals surface area contributed by atoms with Gasteiger partial charge in [-0.1, -0.05) is 17.8 Å². The third-order valence-corrected chi connectivity index (χ3v) is 4.28. The summed E-state index contributed by atoms with van der Waals surface area (Å²) in [6, 6.07) is 1.19. The van der Waals surface area contributed by atoms with Crippen LogP contribution < -0.4 is 11.3 Å². The number of nitrogens with two attached hydrogens (primary N) is 1. The molecule has 0 saturated carbocycles. The normalized spacial score (nSPS) is 22.6. The van der Waals surface area contributed by atoms with Gasteiger partial charge in [0.25, 0.3) is 5.56 Å². The molecule has 10 heteroatoms. The molecule has 1 aromatic heterocycles. The lowest BCUT2D eigenvalue weighted by atomic mass is 10.1. The molecule has 0 unspecified atom stereocenters. The maximum Gasteiger partial charge on any atom is 0.274 e. The molecule has 10 nitrogen and oxygen atoms in total. The van der Waals surface area contributed by atoms with Crippen LogP contribution in [0.5, 0.6) is 0 Å². The highest BCUT2D eigenvalue weighted by Crippen LogP contribution is 2.34. The second-order valence-electron chi connectivity index (χ2n) is 6.19. The van der Waals surface area contributed by atoms with Crippen LogP contribution in [-0.2, 0) is 19.0 Å². The fraction of sp³-hybridized carbons (Fsp3) is 0.450. The smallest absolute Gasteiger partial charge is 0.274 e. The van der Waals surface area contributed by atoms with Crippen molar-refractivity contribution < 1.29 is 24.1 Å². The van der Waals surface area contributed by atoms with Crippen molar-refractivity contribution in [3.05, 3.63) is 22.6 Å². The number of nitrogens with zero attached hydrogens (tertiary/aromatic N) is 3. The first kappa shape index (κ1) is 23.0. The van der Waals surface area contributed by atoms with Gasteiger partial charge in [-0.3, -0.25) is 14.2 Å². The van der Waals surface area contributed by atoms with Crippen LogP contribution in [0.15, 0.2) is 17.1 Å². The fourth-order valence-corrected chi connectivity index (χ4v) is 2.96. The van der Waals surface area contributed by atoms with E-state index in [-0.39, 0.29) is 25.6 Å². The van der Waals surface area contributed by atoms with E-state index in [0.717, 1.165) is 0 Å². The summed E-state index contributed by atoms with van der Waals surface area (Å²) < 4.78 is 18.5. The molecule has 3 N–H and O–H groups in total. The Bertz CT molecular complexity index is 909. The number of aliphatic hydroxyl groups is 1. The van der Waals surface area contributed by atoms with Gasteiger partial charge in [-0.15, -0.1) is 19.3 Å². The highest BCUT2D eigenvalue weighted by Gasteiger charge is 2.47. The van der Waals surface area contributed by atoms with E-state index in [9.17, 15) is 14.7 Å². The van der Waals surface area contributed by atoms with E-state index in [2.05, 4.69) is 22.7 Å². The van der Waals surface area contributed by atoms with Crippen molar-refractivity contribution in [3.8, 4) is 37.0 Å². The average Bonchev–Trinajstić information content (AvgIpc) is 3.07. The predicted molar refractivity (Wildman–Crippen MR) is 106 cm³/mol. The lowest BCUT2D eigenvalue weighted by Crippen LogP contribution is -2.42. The van der Waals surface area contributed by atoms with Gasteiger partial charge in [0.1, 0.15) is 31.5 Å². The van der Waals surface area contributed by atoms with Gasteiger partial charge in [0, 0.05) is 12.3 Å². The number of hydrogen-bond donors (Lipinski definition) is 2. The lowest BCUT2D eigenvalue weighted by Gasteiger charge is -2.26. The van der Waals surface area contributed by atoms with E-state index < -0.39 is 49.2 Å². The minimum Gasteiger partial charge on any atom is -0.394 e. The molecule has 1 amide bonds. The van der Waals surface area contributed by atoms with Crippen LogP contribution in [0.4, 0.5) is 5.95 Å². The molecule has 2 rings (SSSR count). The van der Waals surface area contributed by atoms with Gasteiger partial charge in [0.15, 0.2) is 6.23 Å². The van der Waals surface area contributed by atoms with E-state index in [1.165, 1.54) is 21.7 Å². The maximum absolute atomic E-state index is 12.5. The van der Waals surface area contributed by atoms with E-state index in [0.29, 0.717) is 0 Å². The first-order valence-electron chi connectivity index (χ1n) is 8.89. The number of carbonyl (C=O) groups excluding carboxylic acids is 1. The summed E-state index contributed by atoms with van der Waals surface area (Å²) in [5, 5.41) is 9.70. The molecule has 2 heterocycles. The van der Waals surface area contributed by atoms with Gasteiger partial charge >= 0.3 is 0 Å². The van der Waals surface area contributed by atoms with Gasteiger partial charge in [-0.05, 0) is 0 Å². The van der Waals surface area contributed by atoms with E-state index in [4.69, 9.17) is 39.2 Å². The molecule has 0 spiro atoms. The van der Waals surface area contributed by atoms with E-state index in [1.807, 2.05) is 0 Å². The summed E-state index contributed by atoms with van der Waals surface area (Å²) in [6.45, 7) is -0.847. The summed E-state index contributed by atoms with van der Waals surface area (Å²) in [5.74, 6) is 6.45. The van der Waals surface area contributed by atoms with Crippen molar-refractivity contribution in [2.75, 3.05) is 38.6 Å². The zero-order valence-corrected chi connectivity index (χ0v) is 16.1. The topological polar surface area (TPSA) is 129 Å². The van der Waals surface area contributed by atoms with Gasteiger partial charge in [0.2, 0.25) is 11.9 Å². The zero-order valence-electron chi connectivity index (χ0n) is 16.1. The first-order valence-corrected chi connectivity index (χ1v) is 8.89. The van der Waals surface area contributed by atoms with Gasteiger partial charge in [-0.2, -0.15) is 4.98 Å². The molecule has 1 aromatic rings. The molecule has 1 saturated heterocycles. The summed E-state index contributed by atoms with van der Waals surface area (Å²) in [4.78, 5) is 28.8. The van der Waals surface area contributed by atoms with Crippen molar-refractivity contribution in [2.45, 2.75) is 24.5 Å². The number of hydrogen-bond acceptors (Lipinski definition) is 8. The van der Waals surface area contributed by atoms with Crippen LogP contribution in [0.2, 0.25) is 0 Å². The number of carbonyl (C=O) groups is 1. The number of ether oxygens (including phenoxy) is 3. The molecule has 0 radical (unpaired) electrons. The predicted octanol–water partition coefficient (Wildman–Crippen LogP) is -1.79. The summed E-state index contributed by atoms with van der Waals surface area (Å²) in [7, 11) is 0. The van der Waals surface area contributed by atoms with Crippen molar-refractivity contribution in [2.24, 2.45) is 0 Å². The van der Waals surface area contributed by atoms with Crippen LogP contribution in [-0.4, -0.2) is 76.7 Å². The van der Waals surface area contributed by atoms with Crippen molar-refractivity contribution in [3.63, 3.8) is 0 Å². The molecular weight excluding hydrogens is 392 g/mol. The molecule has 0 aliphatic carbocycles. The van der Waals surface area contributed by atoms with Crippen LogP contribution >= 0.6 is 0 Å². The number of anilines is 1. The highest BCUT2D eigenvalue weighted by atomic mass is 16.6. The first-order chi connectivity index (χ1) is 14.5. The number of rotatable bonds is 9. The summed E-state index contributed by atoms with van der Waals surface area (Å²) >= 11 is 0. The number of amides is 1. The van der Waals surface area contributed by atoms with Crippen molar-refractivity contribution >= 4 is 11.9 Å². The van der Waals surface area contributed by atoms with Gasteiger partial charge in [0.05, 0.1) is 19.7 Å². The van der Waals surface area contributed by atoms with E-state index in [1.54, 1.807) is 0 Å². The van der Waals surface area contributed by atoms with Crippen LogP contribution in [0.25, 0.3) is 0 Å². The number of aliphatic hydroxyl groups excluding tert-OH is 1. The highest BCUT2D eigenvalue weighted by molar-refractivity contribution is 5.78. The largest absolute Gasteiger partial charge is 0.394 e. The Kier molecular flexibility index (Phi) is 8.42. The maximum atomic E-state index is 12.5. The molecule has 1 aliphatic heterocycles. The third-order valence-electron chi connectivity index (χ3n) is 4.28. The number of terminal acetylenes is 3. The lowest BCUT2D eigenvalue weighted by molar-refractivity contribution is -0.142. The van der Waals surface area contributed by atoms with Crippen molar-refractivity contribution in [1.82, 2.24) is 14.5 Å². The summed E-state index contributed by atoms with van der Waals surface area (Å²) in [6.07, 6.45) is 13.7. The van der Waals surface area contributed by atoms with Crippen LogP contribution in [0, 0.1) is 37.0 Å². The quantitative estimate of drug-likeness (QED) is 0.454. The fourth-order valence-electron chi connectivity index (χ4n) is 2.96. The Labute approximate surface area is 173 Å². The Morgan fingerprint density at radius 1 is 1.27 bits per heavy atom. The van der Waals surface area contributed by atoms with Crippen molar-refractivity contribution in [1.29, 1.82) is 0 Å². The second kappa shape index (κ2) is 11.0. The Balaban J connectivity index is 2.28. The molecule has 0 bridgehead atoms. The standard InChI is InChI=1S/C20H22N4O6/c1-4-8-23(9-5-2)16(27)13-29-18-17(28-11-6-3)14(12-25)30-19(18)24-10-7-15(26)22-20(24)21/h1-3,7,10,14,17-19,25H,8-9,11-13H2,(H2,21,22,26)/t14-,17-,18-,19-/m1/s1. The van der Waals surface area contributed by atoms with Crippen LogP contribution in [0.3, 0.4) is 0 Å². The molecule has 1 fully saturated rings. The number of nitrogen functional groups attached to an aromatic ring is 1. The molecule has 158 valence electrons. The summed E-state index contributed by atoms with van der Waals surface area (Å²) in [5.41, 5.74) is 5.31. The Morgan fingerprint density at radius 3 is 2.53 bits per heavy atom. The van der Waals surface area contributed by atoms with Gasteiger partial charge < -0.3 is 30.0 Å². The Morgan fingerprint density at radius 2 is 1.97 bits per heavy atom. The zero-order chi connectivity index (χ0) is 22.1. The second-order valence-corrected chi connectivity index (χ2v) is 6.19. The molecule has 30 heavy (non-hydrogen) atoms. The van der Waals surface area contributed by atoms with E-state index >= 15 is 0 Å². The average molecular weight is 414 g/mol. The molecular formula is C20H22N4O6. The minimum atomic E-state index is -0.945. The van der Waals surface area contributed by atoms with Gasteiger partial charge in [-0.25, -0.2) is 0 Å². The third kappa shape index (κ3) is 5.38. The monoisotopic (exact) mass is 414 g/mol. The molecule has 4 atom stereocenters.